The minimum Gasteiger partial charge on any atom is -0.507 e. The third-order valence-electron chi connectivity index (χ3n) is 4.69. The molecule has 0 fully saturated rings. The topological polar surface area (TPSA) is 88.7 Å². The molecule has 1 aliphatic rings. The summed E-state index contributed by atoms with van der Waals surface area (Å²) in [5, 5.41) is 23.4. The number of amides is 1. The van der Waals surface area contributed by atoms with E-state index in [9.17, 15) is 9.90 Å². The van der Waals surface area contributed by atoms with E-state index in [1.807, 2.05) is 51.1 Å². The molecule has 2 N–H and O–H groups in total. The monoisotopic (exact) mass is 378 g/mol. The Bertz CT molecular complexity index is 1080. The largest absolute Gasteiger partial charge is 0.507 e. The second-order valence-corrected chi connectivity index (χ2v) is 7.85. The Kier molecular flexibility index (Phi) is 4.30. The van der Waals surface area contributed by atoms with Crippen LogP contribution in [0.2, 0.25) is 0 Å². The van der Waals surface area contributed by atoms with Crippen LogP contribution in [-0.2, 0) is 15.2 Å². The molecule has 0 saturated heterocycles. The van der Waals surface area contributed by atoms with Crippen LogP contribution in [0.5, 0.6) is 5.75 Å². The normalized spacial score (nSPS) is 16.7. The first-order valence-electron chi connectivity index (χ1n) is 9.13. The average Bonchev–Trinajstić information content (AvgIpc) is 3.31. The van der Waals surface area contributed by atoms with E-state index in [2.05, 4.69) is 15.6 Å². The molecule has 0 radical (unpaired) electrons. The van der Waals surface area contributed by atoms with Crippen molar-refractivity contribution in [1.82, 2.24) is 9.78 Å². The van der Waals surface area contributed by atoms with Crippen molar-refractivity contribution in [2.45, 2.75) is 38.8 Å². The number of oxime groups is 1. The Morgan fingerprint density at radius 1 is 1.25 bits per heavy atom. The molecule has 2 heterocycles. The average molecular weight is 378 g/mol. The van der Waals surface area contributed by atoms with E-state index in [0.29, 0.717) is 17.0 Å². The molecule has 1 unspecified atom stereocenters. The van der Waals surface area contributed by atoms with Gasteiger partial charge in [0.2, 0.25) is 6.10 Å². The number of hydrogen-bond acceptors (Lipinski definition) is 5. The van der Waals surface area contributed by atoms with Gasteiger partial charge in [-0.05, 0) is 37.6 Å². The lowest BCUT2D eigenvalue weighted by atomic mass is 9.97. The maximum absolute atomic E-state index is 12.6. The Morgan fingerprint density at radius 2 is 2.04 bits per heavy atom. The number of hydrogen-bond donors (Lipinski definition) is 2. The summed E-state index contributed by atoms with van der Waals surface area (Å²) in [6, 6.07) is 11.2. The standard InChI is InChI=1S/C21H22N4O3/c1-21(2,3)25-12-14(11-22-25)23-20(27)18-10-16(24-28-18)19-15-7-5-4-6-13(15)8-9-17(19)26/h4-9,11-12,18,26H,10H2,1-3H3,(H,23,27). The van der Waals surface area contributed by atoms with Crippen LogP contribution in [0, 0.1) is 0 Å². The SMILES string of the molecule is CC(C)(C)n1cc(NC(=O)C2CC(c3c(O)ccc4ccccc34)=NO2)cn1. The summed E-state index contributed by atoms with van der Waals surface area (Å²) >= 11 is 0. The third-order valence-corrected chi connectivity index (χ3v) is 4.69. The summed E-state index contributed by atoms with van der Waals surface area (Å²) in [7, 11) is 0. The smallest absolute Gasteiger partial charge is 0.268 e. The lowest BCUT2D eigenvalue weighted by molar-refractivity contribution is -0.125. The maximum atomic E-state index is 12.6. The number of rotatable bonds is 3. The van der Waals surface area contributed by atoms with Crippen LogP contribution in [0.4, 0.5) is 5.69 Å². The van der Waals surface area contributed by atoms with Gasteiger partial charge < -0.3 is 15.3 Å². The van der Waals surface area contributed by atoms with Crippen molar-refractivity contribution in [3.8, 4) is 5.75 Å². The number of nitrogens with one attached hydrogen (secondary N) is 1. The quantitative estimate of drug-likeness (QED) is 0.728. The molecule has 1 amide bonds. The van der Waals surface area contributed by atoms with E-state index < -0.39 is 6.10 Å². The summed E-state index contributed by atoms with van der Waals surface area (Å²) in [4.78, 5) is 18.0. The predicted molar refractivity (Wildman–Crippen MR) is 107 cm³/mol. The molecule has 1 atom stereocenters. The molecule has 7 heteroatoms. The summed E-state index contributed by atoms with van der Waals surface area (Å²) in [5.74, 6) is -0.180. The minimum atomic E-state index is -0.758. The van der Waals surface area contributed by atoms with Crippen LogP contribution in [0.1, 0.15) is 32.8 Å². The van der Waals surface area contributed by atoms with E-state index in [0.717, 1.165) is 10.8 Å². The highest BCUT2D eigenvalue weighted by atomic mass is 16.6. The van der Waals surface area contributed by atoms with Gasteiger partial charge in [-0.1, -0.05) is 35.5 Å². The van der Waals surface area contributed by atoms with E-state index in [4.69, 9.17) is 4.84 Å². The fourth-order valence-corrected chi connectivity index (χ4v) is 3.21. The predicted octanol–water partition coefficient (Wildman–Crippen LogP) is 3.63. The highest BCUT2D eigenvalue weighted by Crippen LogP contribution is 2.31. The van der Waals surface area contributed by atoms with Crippen molar-refractivity contribution in [3.05, 3.63) is 54.4 Å². The fraction of sp³-hybridized carbons (Fsp3) is 0.286. The van der Waals surface area contributed by atoms with Crippen LogP contribution in [0.15, 0.2) is 53.9 Å². The van der Waals surface area contributed by atoms with E-state index in [1.165, 1.54) is 0 Å². The fourth-order valence-electron chi connectivity index (χ4n) is 3.21. The van der Waals surface area contributed by atoms with Gasteiger partial charge in [-0.3, -0.25) is 9.48 Å². The van der Waals surface area contributed by atoms with Crippen LogP contribution >= 0.6 is 0 Å². The number of fused-ring (bicyclic) bond motifs is 1. The van der Waals surface area contributed by atoms with E-state index in [1.54, 1.807) is 23.1 Å². The molecule has 4 rings (SSSR count). The first-order valence-corrected chi connectivity index (χ1v) is 9.13. The Morgan fingerprint density at radius 3 is 2.79 bits per heavy atom. The van der Waals surface area contributed by atoms with Gasteiger partial charge in [0.25, 0.3) is 5.91 Å². The van der Waals surface area contributed by atoms with Gasteiger partial charge in [-0.2, -0.15) is 5.10 Å². The molecule has 3 aromatic rings. The maximum Gasteiger partial charge on any atom is 0.268 e. The molecule has 7 nitrogen and oxygen atoms in total. The highest BCUT2D eigenvalue weighted by molar-refractivity contribution is 6.15. The molecular weight excluding hydrogens is 356 g/mol. The number of carbonyl (C=O) groups excluding carboxylic acids is 1. The third kappa shape index (κ3) is 3.31. The van der Waals surface area contributed by atoms with Gasteiger partial charge in [0.15, 0.2) is 0 Å². The molecule has 0 spiro atoms. The van der Waals surface area contributed by atoms with E-state index in [-0.39, 0.29) is 23.6 Å². The minimum absolute atomic E-state index is 0.119. The molecule has 28 heavy (non-hydrogen) atoms. The molecule has 1 aromatic heterocycles. The molecule has 0 aliphatic carbocycles. The molecule has 2 aromatic carbocycles. The van der Waals surface area contributed by atoms with Gasteiger partial charge in [-0.25, -0.2) is 0 Å². The number of phenols is 1. The van der Waals surface area contributed by atoms with Crippen molar-refractivity contribution >= 4 is 28.1 Å². The van der Waals surface area contributed by atoms with Crippen molar-refractivity contribution < 1.29 is 14.7 Å². The summed E-state index contributed by atoms with van der Waals surface area (Å²) in [5.41, 5.74) is 1.59. The first kappa shape index (κ1) is 18.0. The zero-order chi connectivity index (χ0) is 19.9. The van der Waals surface area contributed by atoms with E-state index >= 15 is 0 Å². The van der Waals surface area contributed by atoms with Crippen molar-refractivity contribution in [3.63, 3.8) is 0 Å². The zero-order valence-electron chi connectivity index (χ0n) is 16.0. The zero-order valence-corrected chi connectivity index (χ0v) is 16.0. The molecule has 144 valence electrons. The molecule has 0 bridgehead atoms. The van der Waals surface area contributed by atoms with Crippen LogP contribution in [0.25, 0.3) is 10.8 Å². The molecule has 0 saturated carbocycles. The second-order valence-electron chi connectivity index (χ2n) is 7.85. The van der Waals surface area contributed by atoms with Crippen LogP contribution in [0.3, 0.4) is 0 Å². The number of anilines is 1. The number of aromatic nitrogens is 2. The summed E-state index contributed by atoms with van der Waals surface area (Å²) < 4.78 is 1.79. The Balaban J connectivity index is 1.51. The molecule has 1 aliphatic heterocycles. The van der Waals surface area contributed by atoms with Gasteiger partial charge in [-0.15, -0.1) is 0 Å². The lowest BCUT2D eigenvalue weighted by Gasteiger charge is -2.18. The van der Waals surface area contributed by atoms with Gasteiger partial charge in [0.05, 0.1) is 23.1 Å². The van der Waals surface area contributed by atoms with Gasteiger partial charge in [0, 0.05) is 18.2 Å². The number of phenolic OH excluding ortho intramolecular Hbond substituents is 1. The molecular formula is C21H22N4O3. The number of aromatic hydroxyl groups is 1. The second kappa shape index (κ2) is 6.67. The van der Waals surface area contributed by atoms with Gasteiger partial charge in [0.1, 0.15) is 5.75 Å². The summed E-state index contributed by atoms with van der Waals surface area (Å²) in [6.07, 6.45) is 2.91. The van der Waals surface area contributed by atoms with Crippen LogP contribution < -0.4 is 5.32 Å². The van der Waals surface area contributed by atoms with Crippen LogP contribution in [-0.4, -0.2) is 32.6 Å². The summed E-state index contributed by atoms with van der Waals surface area (Å²) in [6.45, 7) is 6.09. The Hall–Kier alpha value is -3.35. The number of carbonyl (C=O) groups is 1. The van der Waals surface area contributed by atoms with Gasteiger partial charge >= 0.3 is 0 Å². The van der Waals surface area contributed by atoms with Crippen molar-refractivity contribution in [2.24, 2.45) is 5.16 Å². The first-order chi connectivity index (χ1) is 13.3. The number of benzene rings is 2. The number of nitrogens with zero attached hydrogens (tertiary/aromatic N) is 3. The van der Waals surface area contributed by atoms with Crippen molar-refractivity contribution in [2.75, 3.05) is 5.32 Å². The van der Waals surface area contributed by atoms with Crippen molar-refractivity contribution in [1.29, 1.82) is 0 Å². The Labute approximate surface area is 162 Å². The highest BCUT2D eigenvalue weighted by Gasteiger charge is 2.31. The lowest BCUT2D eigenvalue weighted by Crippen LogP contribution is -2.28.